The van der Waals surface area contributed by atoms with Crippen molar-refractivity contribution in [3.63, 3.8) is 0 Å². The highest BCUT2D eigenvalue weighted by molar-refractivity contribution is 6.33. The molecule has 0 aliphatic rings. The van der Waals surface area contributed by atoms with Gasteiger partial charge in [0.15, 0.2) is 0 Å². The predicted molar refractivity (Wildman–Crippen MR) is 89.6 cm³/mol. The Bertz CT molecular complexity index is 922. The second-order valence-corrected chi connectivity index (χ2v) is 5.74. The Balaban J connectivity index is 1.90. The lowest BCUT2D eigenvalue weighted by molar-refractivity contribution is 0.0949. The molecule has 0 atom stereocenters. The van der Waals surface area contributed by atoms with Crippen molar-refractivity contribution in [2.75, 3.05) is 0 Å². The molecule has 1 aromatic carbocycles. The van der Waals surface area contributed by atoms with Crippen LogP contribution in [0.1, 0.15) is 27.6 Å². The number of benzene rings is 1. The van der Waals surface area contributed by atoms with E-state index in [9.17, 15) is 9.18 Å². The van der Waals surface area contributed by atoms with Gasteiger partial charge in [0.25, 0.3) is 5.91 Å². The number of amides is 1. The van der Waals surface area contributed by atoms with Gasteiger partial charge >= 0.3 is 0 Å². The van der Waals surface area contributed by atoms with Crippen molar-refractivity contribution in [3.05, 3.63) is 64.1 Å². The zero-order chi connectivity index (χ0) is 18.0. The number of aromatic nitrogens is 3. The van der Waals surface area contributed by atoms with Crippen molar-refractivity contribution in [3.8, 4) is 11.3 Å². The largest absolute Gasteiger partial charge is 0.360 e. The van der Waals surface area contributed by atoms with E-state index in [2.05, 4.69) is 20.4 Å². The Hall–Kier alpha value is -2.80. The molecule has 1 N–H and O–H groups in total. The quantitative estimate of drug-likeness (QED) is 0.770. The second kappa shape index (κ2) is 6.98. The van der Waals surface area contributed by atoms with E-state index in [0.29, 0.717) is 11.5 Å². The van der Waals surface area contributed by atoms with Crippen LogP contribution in [0.4, 0.5) is 4.39 Å². The molecule has 2 heterocycles. The van der Waals surface area contributed by atoms with Gasteiger partial charge in [-0.25, -0.2) is 14.4 Å². The number of carbonyl (C=O) groups is 1. The lowest BCUT2D eigenvalue weighted by atomic mass is 10.0. The maximum absolute atomic E-state index is 14.2. The maximum Gasteiger partial charge on any atom is 0.257 e. The summed E-state index contributed by atoms with van der Waals surface area (Å²) in [6, 6.07) is 5.94. The first-order valence-electron chi connectivity index (χ1n) is 7.44. The average molecular weight is 361 g/mol. The number of halogens is 2. The van der Waals surface area contributed by atoms with Gasteiger partial charge in [-0.2, -0.15) is 0 Å². The third-order valence-electron chi connectivity index (χ3n) is 3.55. The third-order valence-corrected chi connectivity index (χ3v) is 3.87. The highest BCUT2D eigenvalue weighted by Crippen LogP contribution is 2.33. The molecule has 8 heteroatoms. The van der Waals surface area contributed by atoms with Crippen molar-refractivity contribution in [2.24, 2.45) is 0 Å². The summed E-state index contributed by atoms with van der Waals surface area (Å²) in [5.41, 5.74) is 0.888. The first kappa shape index (κ1) is 17.0. The van der Waals surface area contributed by atoms with Gasteiger partial charge in [-0.15, -0.1) is 0 Å². The third kappa shape index (κ3) is 3.51. The summed E-state index contributed by atoms with van der Waals surface area (Å²) >= 11 is 6.07. The van der Waals surface area contributed by atoms with Crippen molar-refractivity contribution >= 4 is 17.5 Å². The lowest BCUT2D eigenvalue weighted by Gasteiger charge is -2.07. The monoisotopic (exact) mass is 360 g/mol. The van der Waals surface area contributed by atoms with Crippen LogP contribution in [-0.4, -0.2) is 21.0 Å². The molecule has 0 aliphatic carbocycles. The fourth-order valence-corrected chi connectivity index (χ4v) is 2.65. The normalized spacial score (nSPS) is 10.7. The van der Waals surface area contributed by atoms with Gasteiger partial charge in [0.1, 0.15) is 28.7 Å². The number of nitrogens with zero attached hydrogens (tertiary/aromatic N) is 3. The first-order chi connectivity index (χ1) is 12.0. The zero-order valence-corrected chi connectivity index (χ0v) is 14.3. The summed E-state index contributed by atoms with van der Waals surface area (Å²) in [7, 11) is 0. The molecule has 0 unspecified atom stereocenters. The number of hydrogen-bond donors (Lipinski definition) is 1. The molecule has 128 valence electrons. The average Bonchev–Trinajstić information content (AvgIpc) is 2.94. The van der Waals surface area contributed by atoms with Crippen molar-refractivity contribution in [1.29, 1.82) is 0 Å². The van der Waals surface area contributed by atoms with E-state index < -0.39 is 11.7 Å². The van der Waals surface area contributed by atoms with Crippen LogP contribution in [0.3, 0.4) is 0 Å². The van der Waals surface area contributed by atoms with E-state index in [4.69, 9.17) is 16.1 Å². The molecule has 0 saturated heterocycles. The topological polar surface area (TPSA) is 80.9 Å². The smallest absolute Gasteiger partial charge is 0.257 e. The standard InChI is InChI=1S/C17H14ClFN4O2/c1-9-14(17(24)21-8-11-6-7-20-10(2)22-11)16(23-25-9)15-12(18)4-3-5-13(15)19/h3-7H,8H2,1-2H3,(H,21,24). The van der Waals surface area contributed by atoms with Gasteiger partial charge in [-0.3, -0.25) is 4.79 Å². The molecule has 3 aromatic rings. The first-order valence-corrected chi connectivity index (χ1v) is 7.82. The fourth-order valence-electron chi connectivity index (χ4n) is 2.40. The molecule has 1 amide bonds. The van der Waals surface area contributed by atoms with E-state index in [1.165, 1.54) is 18.2 Å². The molecule has 0 fully saturated rings. The van der Waals surface area contributed by atoms with Crippen LogP contribution >= 0.6 is 11.6 Å². The van der Waals surface area contributed by atoms with Gasteiger partial charge in [-0.1, -0.05) is 22.8 Å². The molecule has 3 rings (SSSR count). The predicted octanol–water partition coefficient (Wildman–Crippen LogP) is 3.47. The number of carbonyl (C=O) groups excluding carboxylic acids is 1. The minimum atomic E-state index is -0.582. The molecule has 25 heavy (non-hydrogen) atoms. The van der Waals surface area contributed by atoms with Crippen LogP contribution < -0.4 is 5.32 Å². The minimum Gasteiger partial charge on any atom is -0.360 e. The van der Waals surface area contributed by atoms with E-state index in [-0.39, 0.29) is 34.1 Å². The Labute approximate surface area is 148 Å². The number of aryl methyl sites for hydroxylation is 2. The highest BCUT2D eigenvalue weighted by atomic mass is 35.5. The van der Waals surface area contributed by atoms with E-state index in [1.807, 2.05) is 0 Å². The maximum atomic E-state index is 14.2. The molecular formula is C17H14ClFN4O2. The van der Waals surface area contributed by atoms with E-state index in [1.54, 1.807) is 26.1 Å². The van der Waals surface area contributed by atoms with Crippen molar-refractivity contribution in [1.82, 2.24) is 20.4 Å². The van der Waals surface area contributed by atoms with Gasteiger partial charge in [0.2, 0.25) is 0 Å². The molecule has 2 aromatic heterocycles. The van der Waals surface area contributed by atoms with E-state index >= 15 is 0 Å². The summed E-state index contributed by atoms with van der Waals surface area (Å²) in [5, 5.41) is 6.68. The molecule has 0 spiro atoms. The van der Waals surface area contributed by atoms with Crippen LogP contribution in [0.25, 0.3) is 11.3 Å². The van der Waals surface area contributed by atoms with Gasteiger partial charge in [0, 0.05) is 6.20 Å². The van der Waals surface area contributed by atoms with Gasteiger partial charge < -0.3 is 9.84 Å². The molecule has 0 aliphatic heterocycles. The molecule has 0 saturated carbocycles. The zero-order valence-electron chi connectivity index (χ0n) is 13.5. The summed E-state index contributed by atoms with van der Waals surface area (Å²) in [4.78, 5) is 20.8. The van der Waals surface area contributed by atoms with E-state index in [0.717, 1.165) is 0 Å². The summed E-state index contributed by atoms with van der Waals surface area (Å²) in [5.74, 6) is -0.164. The second-order valence-electron chi connectivity index (χ2n) is 5.34. The van der Waals surface area contributed by atoms with Crippen LogP contribution in [-0.2, 0) is 6.54 Å². The Morgan fingerprint density at radius 3 is 2.84 bits per heavy atom. The highest BCUT2D eigenvalue weighted by Gasteiger charge is 2.25. The van der Waals surface area contributed by atoms with Gasteiger partial charge in [0.05, 0.1) is 22.8 Å². The number of rotatable bonds is 4. The Kier molecular flexibility index (Phi) is 4.76. The summed E-state index contributed by atoms with van der Waals surface area (Å²) in [6.45, 7) is 3.53. The molecule has 0 radical (unpaired) electrons. The number of hydrogen-bond acceptors (Lipinski definition) is 5. The lowest BCUT2D eigenvalue weighted by Crippen LogP contribution is -2.24. The molecular weight excluding hydrogens is 347 g/mol. The fraction of sp³-hybridized carbons (Fsp3) is 0.176. The minimum absolute atomic E-state index is 0.0315. The van der Waals surface area contributed by atoms with Crippen molar-refractivity contribution < 1.29 is 13.7 Å². The van der Waals surface area contributed by atoms with Crippen LogP contribution in [0.2, 0.25) is 5.02 Å². The Morgan fingerprint density at radius 1 is 1.32 bits per heavy atom. The summed E-state index contributed by atoms with van der Waals surface area (Å²) in [6.07, 6.45) is 1.61. The van der Waals surface area contributed by atoms with Gasteiger partial charge in [-0.05, 0) is 32.0 Å². The van der Waals surface area contributed by atoms with Crippen LogP contribution in [0.15, 0.2) is 35.0 Å². The Morgan fingerprint density at radius 2 is 2.12 bits per heavy atom. The molecule has 0 bridgehead atoms. The summed E-state index contributed by atoms with van der Waals surface area (Å²) < 4.78 is 19.3. The van der Waals surface area contributed by atoms with Crippen molar-refractivity contribution in [2.45, 2.75) is 20.4 Å². The van der Waals surface area contributed by atoms with Crippen LogP contribution in [0, 0.1) is 19.7 Å². The van der Waals surface area contributed by atoms with Crippen LogP contribution in [0.5, 0.6) is 0 Å². The number of nitrogens with one attached hydrogen (secondary N) is 1. The SMILES string of the molecule is Cc1nccc(CNC(=O)c2c(-c3c(F)cccc3Cl)noc2C)n1. The molecule has 6 nitrogen and oxygen atoms in total.